The summed E-state index contributed by atoms with van der Waals surface area (Å²) in [5.41, 5.74) is 3.19. The Morgan fingerprint density at radius 3 is 2.51 bits per heavy atom. The zero-order valence-corrected chi connectivity index (χ0v) is 20.4. The fraction of sp³-hybridized carbons (Fsp3) is 0.160. The highest BCUT2D eigenvalue weighted by Crippen LogP contribution is 2.33. The topological polar surface area (TPSA) is 105 Å². The van der Waals surface area contributed by atoms with Gasteiger partial charge in [-0.1, -0.05) is 48.2 Å². The molecule has 0 fully saturated rings. The molecule has 0 spiro atoms. The second-order valence-corrected chi connectivity index (χ2v) is 10.7. The molecule has 0 saturated carbocycles. The van der Waals surface area contributed by atoms with E-state index in [1.54, 1.807) is 42.5 Å². The number of hydrogen-bond donors (Lipinski definition) is 1. The molecule has 0 saturated heterocycles. The molecule has 5 rings (SSSR count). The third-order valence-electron chi connectivity index (χ3n) is 5.64. The summed E-state index contributed by atoms with van der Waals surface area (Å²) < 4.78 is 33.2. The van der Waals surface area contributed by atoms with E-state index < -0.39 is 10.0 Å². The lowest BCUT2D eigenvalue weighted by atomic mass is 10.1. The molecule has 0 radical (unpaired) electrons. The van der Waals surface area contributed by atoms with Crippen LogP contribution in [0.25, 0.3) is 11.5 Å². The van der Waals surface area contributed by atoms with Crippen LogP contribution in [0.2, 0.25) is 0 Å². The first-order chi connectivity index (χ1) is 16.9. The van der Waals surface area contributed by atoms with Gasteiger partial charge in [-0.3, -0.25) is 9.52 Å². The van der Waals surface area contributed by atoms with Crippen LogP contribution in [0.1, 0.15) is 12.5 Å². The Balaban J connectivity index is 1.22. The normalized spacial score (nSPS) is 15.1. The summed E-state index contributed by atoms with van der Waals surface area (Å²) in [6.07, 6.45) is 0.842. The number of hydrogen-bond acceptors (Lipinski definition) is 7. The molecule has 35 heavy (non-hydrogen) atoms. The summed E-state index contributed by atoms with van der Waals surface area (Å²) >= 11 is 1.19. The Bertz CT molecular complexity index is 1450. The van der Waals surface area contributed by atoms with Crippen molar-refractivity contribution in [1.29, 1.82) is 0 Å². The minimum Gasteiger partial charge on any atom is -0.411 e. The fourth-order valence-electron chi connectivity index (χ4n) is 4.02. The van der Waals surface area contributed by atoms with Crippen LogP contribution in [0.4, 0.5) is 11.4 Å². The number of thioether (sulfide) groups is 1. The fourth-order valence-corrected chi connectivity index (χ4v) is 5.72. The molecular formula is C25H22N4O4S2. The van der Waals surface area contributed by atoms with E-state index in [2.05, 4.69) is 21.0 Å². The number of aromatic nitrogens is 2. The summed E-state index contributed by atoms with van der Waals surface area (Å²) in [5.74, 6) is 0.458. The molecule has 3 aromatic carbocycles. The van der Waals surface area contributed by atoms with Gasteiger partial charge in [-0.05, 0) is 61.4 Å². The minimum atomic E-state index is -3.67. The van der Waals surface area contributed by atoms with Gasteiger partial charge in [0, 0.05) is 23.0 Å². The summed E-state index contributed by atoms with van der Waals surface area (Å²) in [4.78, 5) is 14.9. The van der Waals surface area contributed by atoms with E-state index in [9.17, 15) is 13.2 Å². The number of amides is 1. The molecule has 1 atom stereocenters. The van der Waals surface area contributed by atoms with Crippen molar-refractivity contribution in [3.05, 3.63) is 84.4 Å². The molecule has 1 N–H and O–H groups in total. The van der Waals surface area contributed by atoms with Gasteiger partial charge < -0.3 is 9.32 Å². The van der Waals surface area contributed by atoms with Gasteiger partial charge in [0.25, 0.3) is 15.2 Å². The molecule has 178 valence electrons. The third kappa shape index (κ3) is 4.94. The Morgan fingerprint density at radius 2 is 1.74 bits per heavy atom. The van der Waals surface area contributed by atoms with Gasteiger partial charge >= 0.3 is 0 Å². The van der Waals surface area contributed by atoms with Crippen LogP contribution in [0.5, 0.6) is 0 Å². The summed E-state index contributed by atoms with van der Waals surface area (Å²) in [5, 5.41) is 8.40. The van der Waals surface area contributed by atoms with E-state index in [0.717, 1.165) is 12.1 Å². The predicted octanol–water partition coefficient (Wildman–Crippen LogP) is 4.61. The third-order valence-corrected chi connectivity index (χ3v) is 7.84. The van der Waals surface area contributed by atoms with Crippen LogP contribution >= 0.6 is 11.8 Å². The summed E-state index contributed by atoms with van der Waals surface area (Å²) in [6.45, 7) is 2.04. The van der Waals surface area contributed by atoms with Gasteiger partial charge in [-0.2, -0.15) is 0 Å². The first-order valence-corrected chi connectivity index (χ1v) is 13.4. The molecule has 0 unspecified atom stereocenters. The van der Waals surface area contributed by atoms with Crippen LogP contribution in [-0.2, 0) is 21.2 Å². The smallest absolute Gasteiger partial charge is 0.277 e. The van der Waals surface area contributed by atoms with E-state index >= 15 is 0 Å². The highest BCUT2D eigenvalue weighted by molar-refractivity contribution is 7.99. The Hall–Kier alpha value is -3.63. The van der Waals surface area contributed by atoms with E-state index in [1.807, 2.05) is 30.0 Å². The summed E-state index contributed by atoms with van der Waals surface area (Å²) in [6, 6.07) is 22.8. The summed E-state index contributed by atoms with van der Waals surface area (Å²) in [7, 11) is -3.67. The Morgan fingerprint density at radius 1 is 1.03 bits per heavy atom. The number of benzene rings is 3. The van der Waals surface area contributed by atoms with Crippen molar-refractivity contribution in [3.8, 4) is 11.5 Å². The average molecular weight is 507 g/mol. The van der Waals surface area contributed by atoms with Gasteiger partial charge in [0.1, 0.15) is 0 Å². The lowest BCUT2D eigenvalue weighted by molar-refractivity contribution is -0.116. The lowest BCUT2D eigenvalue weighted by Crippen LogP contribution is -2.36. The number of anilines is 2. The molecule has 10 heteroatoms. The van der Waals surface area contributed by atoms with Gasteiger partial charge in [0.2, 0.25) is 11.8 Å². The number of fused-ring (bicyclic) bond motifs is 1. The van der Waals surface area contributed by atoms with Crippen molar-refractivity contribution >= 4 is 39.1 Å². The van der Waals surface area contributed by atoms with Gasteiger partial charge in [-0.25, -0.2) is 8.42 Å². The second kappa shape index (κ2) is 9.55. The van der Waals surface area contributed by atoms with Crippen molar-refractivity contribution in [1.82, 2.24) is 10.2 Å². The second-order valence-electron chi connectivity index (χ2n) is 8.10. The van der Waals surface area contributed by atoms with E-state index in [1.165, 1.54) is 29.5 Å². The maximum absolute atomic E-state index is 12.9. The Kier molecular flexibility index (Phi) is 6.31. The number of nitrogens with zero attached hydrogens (tertiary/aromatic N) is 3. The average Bonchev–Trinajstić information content (AvgIpc) is 3.47. The van der Waals surface area contributed by atoms with Crippen LogP contribution in [0, 0.1) is 0 Å². The first-order valence-electron chi connectivity index (χ1n) is 11.0. The van der Waals surface area contributed by atoms with Gasteiger partial charge in [0.15, 0.2) is 0 Å². The number of carbonyl (C=O) groups is 1. The van der Waals surface area contributed by atoms with Crippen molar-refractivity contribution in [2.75, 3.05) is 15.4 Å². The van der Waals surface area contributed by atoms with Gasteiger partial charge in [-0.15, -0.1) is 10.2 Å². The van der Waals surface area contributed by atoms with Crippen LogP contribution < -0.4 is 9.62 Å². The van der Waals surface area contributed by atoms with Crippen molar-refractivity contribution in [2.45, 2.75) is 29.5 Å². The van der Waals surface area contributed by atoms with Gasteiger partial charge in [0.05, 0.1) is 10.6 Å². The number of nitrogens with one attached hydrogen (secondary N) is 1. The van der Waals surface area contributed by atoms with Crippen LogP contribution in [0.15, 0.2) is 93.4 Å². The minimum absolute atomic E-state index is 0.0118. The van der Waals surface area contributed by atoms with Crippen molar-refractivity contribution in [2.24, 2.45) is 0 Å². The molecule has 2 heterocycles. The van der Waals surface area contributed by atoms with E-state index in [0.29, 0.717) is 16.5 Å². The zero-order chi connectivity index (χ0) is 24.4. The van der Waals surface area contributed by atoms with Crippen LogP contribution in [-0.4, -0.2) is 36.3 Å². The van der Waals surface area contributed by atoms with Crippen LogP contribution in [0.3, 0.4) is 0 Å². The maximum Gasteiger partial charge on any atom is 0.277 e. The number of sulfonamides is 1. The van der Waals surface area contributed by atoms with E-state index in [4.69, 9.17) is 4.42 Å². The van der Waals surface area contributed by atoms with Crippen molar-refractivity contribution < 1.29 is 17.6 Å². The Labute approximate surface area is 207 Å². The monoisotopic (exact) mass is 506 g/mol. The first kappa shape index (κ1) is 23.1. The van der Waals surface area contributed by atoms with Crippen molar-refractivity contribution in [3.63, 3.8) is 0 Å². The lowest BCUT2D eigenvalue weighted by Gasteiger charge is -2.22. The molecule has 1 aromatic heterocycles. The van der Waals surface area contributed by atoms with E-state index in [-0.39, 0.29) is 28.5 Å². The molecule has 8 nitrogen and oxygen atoms in total. The molecule has 0 bridgehead atoms. The maximum atomic E-state index is 12.9. The standard InChI is InChI=1S/C25H22N4O4S2/c1-17-15-19-7-5-6-10-22(19)29(17)23(30)16-34-25-27-26-24(33-25)18-11-13-20(14-12-18)28-35(31,32)21-8-3-2-4-9-21/h2-14,17,28H,15-16H2,1H3/t17-/m0/s1. The number of rotatable bonds is 7. The molecular weight excluding hydrogens is 484 g/mol. The number of carbonyl (C=O) groups excluding carboxylic acids is 1. The largest absolute Gasteiger partial charge is 0.411 e. The molecule has 4 aromatic rings. The molecule has 1 aliphatic heterocycles. The quantitative estimate of drug-likeness (QED) is 0.365. The SMILES string of the molecule is C[C@H]1Cc2ccccc2N1C(=O)CSc1nnc(-c2ccc(NS(=O)(=O)c3ccccc3)cc2)o1. The highest BCUT2D eigenvalue weighted by Gasteiger charge is 2.30. The zero-order valence-electron chi connectivity index (χ0n) is 18.8. The highest BCUT2D eigenvalue weighted by atomic mass is 32.2. The predicted molar refractivity (Wildman–Crippen MR) is 135 cm³/mol. The molecule has 0 aliphatic carbocycles. The molecule has 1 amide bonds. The molecule has 1 aliphatic rings. The number of para-hydroxylation sites is 1.